The summed E-state index contributed by atoms with van der Waals surface area (Å²) in [5.74, 6) is 0.831. The third kappa shape index (κ3) is 2.70. The highest BCUT2D eigenvalue weighted by Crippen LogP contribution is 2.31. The highest BCUT2D eigenvalue weighted by atomic mass is 16.5. The van der Waals surface area contributed by atoms with Crippen molar-refractivity contribution >= 4 is 5.78 Å². The van der Waals surface area contributed by atoms with Gasteiger partial charge in [0.1, 0.15) is 11.8 Å². The molecule has 2 unspecified atom stereocenters. The molecule has 1 aliphatic rings. The molecule has 4 heteroatoms. The molecule has 0 amide bonds. The van der Waals surface area contributed by atoms with E-state index in [9.17, 15) is 4.79 Å². The lowest BCUT2D eigenvalue weighted by Gasteiger charge is -2.16. The predicted octanol–water partition coefficient (Wildman–Crippen LogP) is 3.50. The minimum Gasteiger partial charge on any atom is -0.497 e. The Balaban J connectivity index is 1.84. The molecule has 4 nitrogen and oxygen atoms in total. The molecule has 0 saturated carbocycles. The molecule has 0 saturated heterocycles. The minimum absolute atomic E-state index is 0.00334. The zero-order valence-electron chi connectivity index (χ0n) is 11.8. The van der Waals surface area contributed by atoms with Crippen LogP contribution >= 0.6 is 0 Å². The van der Waals surface area contributed by atoms with Crippen LogP contribution in [0.3, 0.4) is 0 Å². The number of hydrogen-bond acceptors (Lipinski definition) is 4. The molecule has 0 fully saturated rings. The molecule has 2 atom stereocenters. The smallest absolute Gasteiger partial charge is 0.189 e. The maximum atomic E-state index is 12.6. The van der Waals surface area contributed by atoms with Gasteiger partial charge in [0.15, 0.2) is 5.78 Å². The topological polar surface area (TPSA) is 51.0 Å². The molecule has 106 valence electrons. The summed E-state index contributed by atoms with van der Waals surface area (Å²) >= 11 is 0. The SMILES string of the molecule is COc1ccc(C2CN=NC2C(=O)c2ccccc2)cc1. The van der Waals surface area contributed by atoms with Gasteiger partial charge in [0.05, 0.1) is 13.7 Å². The van der Waals surface area contributed by atoms with Crippen LogP contribution in [-0.2, 0) is 0 Å². The zero-order chi connectivity index (χ0) is 14.7. The lowest BCUT2D eigenvalue weighted by molar-refractivity contribution is 0.0956. The normalized spacial score (nSPS) is 20.4. The van der Waals surface area contributed by atoms with Crippen molar-refractivity contribution in [1.29, 1.82) is 0 Å². The number of rotatable bonds is 4. The fourth-order valence-electron chi connectivity index (χ4n) is 2.55. The molecule has 0 N–H and O–H groups in total. The van der Waals surface area contributed by atoms with Crippen LogP contribution in [0.15, 0.2) is 64.8 Å². The summed E-state index contributed by atoms with van der Waals surface area (Å²) in [5.41, 5.74) is 1.75. The number of azo groups is 1. The maximum absolute atomic E-state index is 12.6. The maximum Gasteiger partial charge on any atom is 0.189 e. The minimum atomic E-state index is -0.430. The molecule has 3 rings (SSSR count). The average molecular weight is 280 g/mol. The molecule has 21 heavy (non-hydrogen) atoms. The third-order valence-corrected chi connectivity index (χ3v) is 3.74. The second-order valence-electron chi connectivity index (χ2n) is 4.99. The average Bonchev–Trinajstić information content (AvgIpc) is 3.04. The van der Waals surface area contributed by atoms with Crippen LogP contribution in [-0.4, -0.2) is 25.5 Å². The molecular weight excluding hydrogens is 264 g/mol. The molecule has 0 aliphatic carbocycles. The molecule has 2 aromatic rings. The van der Waals surface area contributed by atoms with Crippen LogP contribution < -0.4 is 4.74 Å². The molecule has 1 aliphatic heterocycles. The number of ether oxygens (including phenoxy) is 1. The number of carbonyl (C=O) groups excluding carboxylic acids is 1. The van der Waals surface area contributed by atoms with Gasteiger partial charge in [-0.3, -0.25) is 4.79 Å². The Morgan fingerprint density at radius 1 is 1.10 bits per heavy atom. The molecular formula is C17H16N2O2. The van der Waals surface area contributed by atoms with E-state index in [4.69, 9.17) is 4.74 Å². The second-order valence-corrected chi connectivity index (χ2v) is 4.99. The van der Waals surface area contributed by atoms with Crippen LogP contribution in [0.25, 0.3) is 0 Å². The fourth-order valence-corrected chi connectivity index (χ4v) is 2.55. The first-order valence-electron chi connectivity index (χ1n) is 6.89. The monoisotopic (exact) mass is 280 g/mol. The van der Waals surface area contributed by atoms with Crippen molar-refractivity contribution in [3.8, 4) is 5.75 Å². The number of hydrogen-bond donors (Lipinski definition) is 0. The van der Waals surface area contributed by atoms with E-state index in [1.165, 1.54) is 0 Å². The van der Waals surface area contributed by atoms with Crippen molar-refractivity contribution in [1.82, 2.24) is 0 Å². The zero-order valence-corrected chi connectivity index (χ0v) is 11.8. The van der Waals surface area contributed by atoms with E-state index in [-0.39, 0.29) is 11.7 Å². The van der Waals surface area contributed by atoms with Gasteiger partial charge in [-0.1, -0.05) is 42.5 Å². The van der Waals surface area contributed by atoms with Crippen LogP contribution in [0.5, 0.6) is 5.75 Å². The van der Waals surface area contributed by atoms with Crippen LogP contribution in [0.4, 0.5) is 0 Å². The van der Waals surface area contributed by atoms with Crippen molar-refractivity contribution < 1.29 is 9.53 Å². The van der Waals surface area contributed by atoms with Crippen LogP contribution in [0.2, 0.25) is 0 Å². The van der Waals surface area contributed by atoms with Gasteiger partial charge in [-0.25, -0.2) is 0 Å². The van der Waals surface area contributed by atoms with Gasteiger partial charge < -0.3 is 4.74 Å². The van der Waals surface area contributed by atoms with Crippen molar-refractivity contribution in [3.63, 3.8) is 0 Å². The Labute approximate surface area is 123 Å². The Morgan fingerprint density at radius 3 is 2.48 bits per heavy atom. The van der Waals surface area contributed by atoms with E-state index in [1.54, 1.807) is 7.11 Å². The highest BCUT2D eigenvalue weighted by Gasteiger charge is 2.33. The van der Waals surface area contributed by atoms with Crippen molar-refractivity contribution in [3.05, 3.63) is 65.7 Å². The van der Waals surface area contributed by atoms with Gasteiger partial charge in [-0.2, -0.15) is 10.2 Å². The number of benzene rings is 2. The summed E-state index contributed by atoms with van der Waals surface area (Å²) in [4.78, 5) is 12.6. The molecule has 2 aromatic carbocycles. The van der Waals surface area contributed by atoms with Gasteiger partial charge in [0, 0.05) is 11.5 Å². The molecule has 0 spiro atoms. The molecule has 0 bridgehead atoms. The van der Waals surface area contributed by atoms with Gasteiger partial charge >= 0.3 is 0 Å². The number of Topliss-reactive ketones (excluding diaryl/α,β-unsaturated/α-hetero) is 1. The first-order chi connectivity index (χ1) is 10.3. The van der Waals surface area contributed by atoms with E-state index in [2.05, 4.69) is 10.2 Å². The summed E-state index contributed by atoms with van der Waals surface area (Å²) in [6.07, 6.45) is 0. The van der Waals surface area contributed by atoms with Gasteiger partial charge in [0.25, 0.3) is 0 Å². The van der Waals surface area contributed by atoms with E-state index in [1.807, 2.05) is 54.6 Å². The lowest BCUT2D eigenvalue weighted by Crippen LogP contribution is -2.24. The Kier molecular flexibility index (Phi) is 3.77. The standard InChI is InChI=1S/C17H16N2O2/c1-21-14-9-7-12(8-10-14)15-11-18-19-16(15)17(20)13-5-3-2-4-6-13/h2-10,15-16H,11H2,1H3. The van der Waals surface area contributed by atoms with E-state index in [0.29, 0.717) is 12.1 Å². The summed E-state index contributed by atoms with van der Waals surface area (Å²) in [5, 5.41) is 8.24. The number of carbonyl (C=O) groups is 1. The fraction of sp³-hybridized carbons (Fsp3) is 0.235. The first-order valence-corrected chi connectivity index (χ1v) is 6.89. The Morgan fingerprint density at radius 2 is 1.81 bits per heavy atom. The molecule has 0 radical (unpaired) electrons. The van der Waals surface area contributed by atoms with Crippen molar-refractivity contribution in [2.24, 2.45) is 10.2 Å². The van der Waals surface area contributed by atoms with Crippen LogP contribution in [0, 0.1) is 0 Å². The lowest BCUT2D eigenvalue weighted by atomic mass is 9.88. The summed E-state index contributed by atoms with van der Waals surface area (Å²) in [6, 6.07) is 16.6. The molecule has 0 aromatic heterocycles. The first kappa shape index (κ1) is 13.5. The summed E-state index contributed by atoms with van der Waals surface area (Å²) in [6.45, 7) is 0.551. The second kappa shape index (κ2) is 5.87. The number of methoxy groups -OCH3 is 1. The van der Waals surface area contributed by atoms with Crippen molar-refractivity contribution in [2.45, 2.75) is 12.0 Å². The highest BCUT2D eigenvalue weighted by molar-refractivity contribution is 6.01. The van der Waals surface area contributed by atoms with Gasteiger partial charge in [-0.15, -0.1) is 0 Å². The quantitative estimate of drug-likeness (QED) is 0.805. The van der Waals surface area contributed by atoms with Gasteiger partial charge in [-0.05, 0) is 17.7 Å². The van der Waals surface area contributed by atoms with E-state index >= 15 is 0 Å². The Hall–Kier alpha value is -2.49. The number of nitrogens with zero attached hydrogens (tertiary/aromatic N) is 2. The van der Waals surface area contributed by atoms with Crippen molar-refractivity contribution in [2.75, 3.05) is 13.7 Å². The summed E-state index contributed by atoms with van der Waals surface area (Å²) < 4.78 is 5.16. The van der Waals surface area contributed by atoms with Crippen LogP contribution in [0.1, 0.15) is 21.8 Å². The third-order valence-electron chi connectivity index (χ3n) is 3.74. The largest absolute Gasteiger partial charge is 0.497 e. The van der Waals surface area contributed by atoms with Gasteiger partial charge in [0.2, 0.25) is 0 Å². The Bertz CT molecular complexity index is 650. The summed E-state index contributed by atoms with van der Waals surface area (Å²) in [7, 11) is 1.64. The molecule has 1 heterocycles. The predicted molar refractivity (Wildman–Crippen MR) is 80.0 cm³/mol. The van der Waals surface area contributed by atoms with E-state index in [0.717, 1.165) is 11.3 Å². The number of ketones is 1. The van der Waals surface area contributed by atoms with E-state index < -0.39 is 6.04 Å².